The molecule has 3 nitrogen and oxygen atoms in total. The molecule has 0 unspecified atom stereocenters. The van der Waals surface area contributed by atoms with E-state index in [4.69, 9.17) is 0 Å². The van der Waals surface area contributed by atoms with Crippen molar-refractivity contribution in [2.75, 3.05) is 0 Å². The summed E-state index contributed by atoms with van der Waals surface area (Å²) in [6, 6.07) is 0. The van der Waals surface area contributed by atoms with E-state index in [2.05, 4.69) is 10.2 Å². The fourth-order valence-corrected chi connectivity index (χ4v) is 0.341. The van der Waals surface area contributed by atoms with Gasteiger partial charge < -0.3 is 4.57 Å². The Morgan fingerprint density at radius 1 is 1.71 bits per heavy atom. The van der Waals surface area contributed by atoms with Crippen LogP contribution in [0.15, 0.2) is 6.33 Å². The van der Waals surface area contributed by atoms with Crippen LogP contribution in [-0.4, -0.2) is 14.8 Å². The fourth-order valence-electron chi connectivity index (χ4n) is 0.341. The summed E-state index contributed by atoms with van der Waals surface area (Å²) in [5.41, 5.74) is 0. The van der Waals surface area contributed by atoms with E-state index in [1.807, 2.05) is 18.5 Å². The van der Waals surface area contributed by atoms with E-state index in [9.17, 15) is 0 Å². The van der Waals surface area contributed by atoms with Crippen LogP contribution < -0.4 is 0 Å². The number of aromatic nitrogens is 3. The van der Waals surface area contributed by atoms with Crippen LogP contribution in [0.1, 0.15) is 5.82 Å². The van der Waals surface area contributed by atoms with E-state index in [-0.39, 0.29) is 0 Å². The Morgan fingerprint density at radius 2 is 2.43 bits per heavy atom. The van der Waals surface area contributed by atoms with Crippen molar-refractivity contribution >= 4 is 0 Å². The van der Waals surface area contributed by atoms with Crippen LogP contribution >= 0.6 is 0 Å². The predicted octanol–water partition coefficient (Wildman–Crippen LogP) is 0.124. The highest BCUT2D eigenvalue weighted by Gasteiger charge is 1.85. The fraction of sp³-hybridized carbons (Fsp3) is 0.500. The van der Waals surface area contributed by atoms with Gasteiger partial charge in [-0.1, -0.05) is 0 Å². The molecule has 38 valence electrons. The Morgan fingerprint density at radius 3 is 2.57 bits per heavy atom. The van der Waals surface area contributed by atoms with E-state index in [0.717, 1.165) is 5.82 Å². The predicted molar refractivity (Wildman–Crippen MR) is 25.7 cm³/mol. The average molecular weight is 97.1 g/mol. The van der Waals surface area contributed by atoms with Crippen LogP contribution in [-0.2, 0) is 7.05 Å². The lowest BCUT2D eigenvalue weighted by Gasteiger charge is -1.84. The monoisotopic (exact) mass is 97.1 g/mol. The third-order valence-corrected chi connectivity index (χ3v) is 0.938. The molecule has 3 heteroatoms. The molecule has 1 rings (SSSR count). The van der Waals surface area contributed by atoms with Gasteiger partial charge in [0, 0.05) is 7.05 Å². The molecule has 0 fully saturated rings. The Labute approximate surface area is 42.0 Å². The van der Waals surface area contributed by atoms with E-state index in [1.54, 1.807) is 6.33 Å². The molecule has 0 radical (unpaired) electrons. The lowest BCUT2D eigenvalue weighted by molar-refractivity contribution is 0.858. The minimum atomic E-state index is 0.944. The third-order valence-electron chi connectivity index (χ3n) is 0.938. The number of aryl methyl sites for hydroxylation is 2. The summed E-state index contributed by atoms with van der Waals surface area (Å²) >= 11 is 0. The first-order valence-electron chi connectivity index (χ1n) is 2.11. The van der Waals surface area contributed by atoms with Crippen LogP contribution in [0.25, 0.3) is 0 Å². The third kappa shape index (κ3) is 0.607. The molecule has 0 aliphatic carbocycles. The second-order valence-corrected chi connectivity index (χ2v) is 1.49. The van der Waals surface area contributed by atoms with E-state index >= 15 is 0 Å². The van der Waals surface area contributed by atoms with Gasteiger partial charge in [0.1, 0.15) is 12.2 Å². The maximum atomic E-state index is 3.73. The minimum Gasteiger partial charge on any atom is -0.321 e. The smallest absolute Gasteiger partial charge is 0.129 e. The van der Waals surface area contributed by atoms with Gasteiger partial charge >= 0.3 is 0 Å². The largest absolute Gasteiger partial charge is 0.321 e. The average Bonchev–Trinajstić information content (AvgIpc) is 1.91. The molecule has 1 aromatic rings. The summed E-state index contributed by atoms with van der Waals surface area (Å²) in [4.78, 5) is 0. The molecule has 0 aliphatic rings. The maximum absolute atomic E-state index is 3.73. The molecule has 1 aromatic heterocycles. The van der Waals surface area contributed by atoms with Crippen molar-refractivity contribution in [2.24, 2.45) is 7.05 Å². The summed E-state index contributed by atoms with van der Waals surface area (Å²) in [5.74, 6) is 0.944. The van der Waals surface area contributed by atoms with Gasteiger partial charge in [0.05, 0.1) is 0 Å². The van der Waals surface area contributed by atoms with Gasteiger partial charge in [-0.05, 0) is 6.92 Å². The standard InChI is InChI=1S/C4H7N3/c1-4-6-5-3-7(4)2/h3H,1-2H3. The van der Waals surface area contributed by atoms with Crippen LogP contribution in [0.2, 0.25) is 0 Å². The highest BCUT2D eigenvalue weighted by Crippen LogP contribution is 1.82. The molecule has 0 saturated carbocycles. The molecule has 0 aromatic carbocycles. The summed E-state index contributed by atoms with van der Waals surface area (Å²) in [6.45, 7) is 1.91. The zero-order valence-electron chi connectivity index (χ0n) is 4.42. The second kappa shape index (κ2) is 1.33. The molecule has 0 aliphatic heterocycles. The summed E-state index contributed by atoms with van der Waals surface area (Å²) in [6.07, 6.45) is 1.68. The lowest BCUT2D eigenvalue weighted by atomic mass is 10.7. The van der Waals surface area contributed by atoms with Crippen molar-refractivity contribution in [3.8, 4) is 0 Å². The van der Waals surface area contributed by atoms with Crippen molar-refractivity contribution in [3.05, 3.63) is 12.2 Å². The van der Waals surface area contributed by atoms with Crippen LogP contribution in [0.3, 0.4) is 0 Å². The highest BCUT2D eigenvalue weighted by atomic mass is 15.2. The van der Waals surface area contributed by atoms with Crippen molar-refractivity contribution in [2.45, 2.75) is 6.92 Å². The summed E-state index contributed by atoms with van der Waals surface area (Å²) < 4.78 is 1.86. The van der Waals surface area contributed by atoms with Gasteiger partial charge in [-0.15, -0.1) is 10.2 Å². The lowest BCUT2D eigenvalue weighted by Crippen LogP contribution is -1.86. The second-order valence-electron chi connectivity index (χ2n) is 1.49. The Kier molecular flexibility index (Phi) is 0.817. The van der Waals surface area contributed by atoms with E-state index in [0.29, 0.717) is 0 Å². The topological polar surface area (TPSA) is 30.7 Å². The number of hydrogen-bond acceptors (Lipinski definition) is 2. The van der Waals surface area contributed by atoms with Gasteiger partial charge in [-0.2, -0.15) is 0 Å². The van der Waals surface area contributed by atoms with Crippen LogP contribution in [0.5, 0.6) is 0 Å². The van der Waals surface area contributed by atoms with Gasteiger partial charge in [0.15, 0.2) is 0 Å². The molecule has 7 heavy (non-hydrogen) atoms. The molecule has 0 bridgehead atoms. The molecule has 0 spiro atoms. The quantitative estimate of drug-likeness (QED) is 0.460. The molecule has 0 N–H and O–H groups in total. The minimum absolute atomic E-state index is 0.944. The zero-order valence-corrected chi connectivity index (χ0v) is 4.42. The normalized spacial score (nSPS) is 9.43. The van der Waals surface area contributed by atoms with E-state index < -0.39 is 0 Å². The van der Waals surface area contributed by atoms with Crippen molar-refractivity contribution in [1.29, 1.82) is 0 Å². The molecule has 0 amide bonds. The number of hydrogen-bond donors (Lipinski definition) is 0. The maximum Gasteiger partial charge on any atom is 0.129 e. The highest BCUT2D eigenvalue weighted by molar-refractivity contribution is 4.76. The molecule has 0 saturated heterocycles. The van der Waals surface area contributed by atoms with Gasteiger partial charge in [-0.3, -0.25) is 0 Å². The van der Waals surface area contributed by atoms with Gasteiger partial charge in [0.25, 0.3) is 0 Å². The molecular formula is C4H7N3. The van der Waals surface area contributed by atoms with Crippen LogP contribution in [0.4, 0.5) is 0 Å². The first-order chi connectivity index (χ1) is 3.30. The molecule has 1 heterocycles. The van der Waals surface area contributed by atoms with Crippen LogP contribution in [0, 0.1) is 6.92 Å². The number of nitrogens with zero attached hydrogens (tertiary/aromatic N) is 3. The van der Waals surface area contributed by atoms with Crippen molar-refractivity contribution in [3.63, 3.8) is 0 Å². The Balaban J connectivity index is 3.12. The first-order valence-corrected chi connectivity index (χ1v) is 2.11. The van der Waals surface area contributed by atoms with E-state index in [1.165, 1.54) is 0 Å². The Bertz CT molecular complexity index is 139. The van der Waals surface area contributed by atoms with Gasteiger partial charge in [0.2, 0.25) is 0 Å². The number of rotatable bonds is 0. The van der Waals surface area contributed by atoms with Gasteiger partial charge in [-0.25, -0.2) is 0 Å². The molecule has 0 atom stereocenters. The van der Waals surface area contributed by atoms with Crippen molar-refractivity contribution < 1.29 is 0 Å². The Hall–Kier alpha value is -0.860. The SMILES string of the molecule is Cc1nncn1C. The summed E-state index contributed by atoms with van der Waals surface area (Å²) in [7, 11) is 1.91. The summed E-state index contributed by atoms with van der Waals surface area (Å²) in [5, 5.41) is 7.36. The first kappa shape index (κ1) is 4.30. The molecular weight excluding hydrogens is 90.1 g/mol. The zero-order chi connectivity index (χ0) is 5.28. The van der Waals surface area contributed by atoms with Crippen molar-refractivity contribution in [1.82, 2.24) is 14.8 Å².